The average molecular weight is 673 g/mol. The Kier molecular flexibility index (Phi) is 8.53. The number of carbonyl (C=O) groups excluding carboxylic acids is 1. The number of alkyl halides is 3. The van der Waals surface area contributed by atoms with Gasteiger partial charge >= 0.3 is 12.1 Å². The Morgan fingerprint density at radius 1 is 1.09 bits per heavy atom. The van der Waals surface area contributed by atoms with Gasteiger partial charge in [-0.25, -0.2) is 9.79 Å². The molecule has 14 heteroatoms. The van der Waals surface area contributed by atoms with Crippen molar-refractivity contribution in [3.63, 3.8) is 0 Å². The van der Waals surface area contributed by atoms with E-state index in [-0.39, 0.29) is 34.9 Å². The van der Waals surface area contributed by atoms with Crippen molar-refractivity contribution in [1.29, 1.82) is 0 Å². The highest BCUT2D eigenvalue weighted by molar-refractivity contribution is 7.07. The number of allylic oxidation sites excluding steroid dienone is 1. The van der Waals surface area contributed by atoms with E-state index in [2.05, 4.69) is 4.99 Å². The Balaban J connectivity index is 1.40. The standard InChI is InChI=1S/C32H24ClF3N2O7S/c1-3-42-30(40)26-27(19-6-8-20(33)9-7-19)38-29(39)25(46-31(38)37-28(26)32(34,35)36)14-17-4-10-21(23(12-17)41-2)43-15-18-5-11-22-24(13-18)45-16-44-22/h4-14,27H,3,15-16H2,1-2H3/b25-14-/t27-/m1/s1. The first-order valence-electron chi connectivity index (χ1n) is 13.8. The smallest absolute Gasteiger partial charge is 0.434 e. The second-order valence-electron chi connectivity index (χ2n) is 10.0. The van der Waals surface area contributed by atoms with Crippen LogP contribution in [0.4, 0.5) is 13.2 Å². The molecule has 2 aliphatic rings. The summed E-state index contributed by atoms with van der Waals surface area (Å²) >= 11 is 6.79. The molecule has 3 heterocycles. The minimum Gasteiger partial charge on any atom is -0.493 e. The number of methoxy groups -OCH3 is 1. The topological polar surface area (TPSA) is 97.6 Å². The quantitative estimate of drug-likeness (QED) is 0.234. The third-order valence-electron chi connectivity index (χ3n) is 7.10. The number of rotatable bonds is 8. The van der Waals surface area contributed by atoms with Crippen LogP contribution in [0.2, 0.25) is 5.02 Å². The van der Waals surface area contributed by atoms with Gasteiger partial charge in [0, 0.05) is 5.02 Å². The lowest BCUT2D eigenvalue weighted by Crippen LogP contribution is -2.41. The summed E-state index contributed by atoms with van der Waals surface area (Å²) in [4.78, 5) is 30.4. The van der Waals surface area contributed by atoms with Crippen LogP contribution in [-0.4, -0.2) is 37.2 Å². The van der Waals surface area contributed by atoms with E-state index in [4.69, 9.17) is 35.3 Å². The molecule has 0 fully saturated rings. The molecule has 0 spiro atoms. The van der Waals surface area contributed by atoms with Crippen LogP contribution >= 0.6 is 22.9 Å². The average Bonchev–Trinajstić information content (AvgIpc) is 3.63. The number of hydrogen-bond acceptors (Lipinski definition) is 9. The molecule has 0 N–H and O–H groups in total. The molecule has 0 aliphatic carbocycles. The first-order valence-corrected chi connectivity index (χ1v) is 15.0. The number of aromatic nitrogens is 1. The van der Waals surface area contributed by atoms with Crippen molar-refractivity contribution in [2.24, 2.45) is 4.99 Å². The van der Waals surface area contributed by atoms with E-state index in [0.29, 0.717) is 33.6 Å². The predicted octanol–water partition coefficient (Wildman–Crippen LogP) is 5.31. The largest absolute Gasteiger partial charge is 0.493 e. The highest BCUT2D eigenvalue weighted by Gasteiger charge is 2.45. The van der Waals surface area contributed by atoms with Crippen molar-refractivity contribution >= 4 is 35.0 Å². The SMILES string of the molecule is CCOC(=O)C1=C(C(F)(F)F)N=c2s/c(=C\c3ccc(OCc4ccc5c(c4)OCO5)c(OC)c3)c(=O)n2[C@@H]1c1ccc(Cl)cc1. The molecule has 4 aromatic rings. The maximum absolute atomic E-state index is 14.3. The number of esters is 1. The molecule has 238 valence electrons. The molecule has 1 atom stereocenters. The van der Waals surface area contributed by atoms with Crippen LogP contribution < -0.4 is 33.8 Å². The Hall–Kier alpha value is -4.75. The van der Waals surface area contributed by atoms with Crippen LogP contribution in [0.15, 0.2) is 81.7 Å². The molecule has 9 nitrogen and oxygen atoms in total. The number of carbonyl (C=O) groups is 1. The number of hydrogen-bond donors (Lipinski definition) is 0. The zero-order valence-electron chi connectivity index (χ0n) is 24.2. The second kappa shape index (κ2) is 12.6. The lowest BCUT2D eigenvalue weighted by Gasteiger charge is -2.26. The van der Waals surface area contributed by atoms with Gasteiger partial charge in [0.2, 0.25) is 6.79 Å². The molecular weight excluding hydrogens is 649 g/mol. The molecular formula is C32H24ClF3N2O7S. The van der Waals surface area contributed by atoms with E-state index >= 15 is 0 Å². The Labute approximate surface area is 268 Å². The zero-order valence-corrected chi connectivity index (χ0v) is 25.8. The fourth-order valence-electron chi connectivity index (χ4n) is 5.04. The minimum absolute atomic E-state index is 0.0837. The van der Waals surface area contributed by atoms with Crippen molar-refractivity contribution in [3.05, 3.63) is 113 Å². The van der Waals surface area contributed by atoms with E-state index in [9.17, 15) is 22.8 Å². The summed E-state index contributed by atoms with van der Waals surface area (Å²) in [6.45, 7) is 1.66. The number of thiazole rings is 1. The van der Waals surface area contributed by atoms with Gasteiger partial charge in [0.15, 0.2) is 33.5 Å². The van der Waals surface area contributed by atoms with Crippen LogP contribution in [-0.2, 0) is 16.1 Å². The normalized spacial score (nSPS) is 15.8. The molecule has 0 saturated heterocycles. The Bertz CT molecular complexity index is 2040. The van der Waals surface area contributed by atoms with Gasteiger partial charge in [-0.1, -0.05) is 47.2 Å². The van der Waals surface area contributed by atoms with Crippen molar-refractivity contribution in [2.45, 2.75) is 25.7 Å². The summed E-state index contributed by atoms with van der Waals surface area (Å²) in [6, 6.07) is 14.8. The summed E-state index contributed by atoms with van der Waals surface area (Å²) in [6.07, 6.45) is -3.50. The van der Waals surface area contributed by atoms with Gasteiger partial charge in [0.1, 0.15) is 6.61 Å². The monoisotopic (exact) mass is 672 g/mol. The first kappa shape index (κ1) is 31.2. The molecule has 0 amide bonds. The van der Waals surface area contributed by atoms with Gasteiger partial charge in [-0.3, -0.25) is 9.36 Å². The van der Waals surface area contributed by atoms with Crippen molar-refractivity contribution in [2.75, 3.05) is 20.5 Å². The second-order valence-corrected chi connectivity index (χ2v) is 11.4. The molecule has 0 saturated carbocycles. The Morgan fingerprint density at radius 2 is 1.85 bits per heavy atom. The third kappa shape index (κ3) is 6.07. The fraction of sp³-hybridized carbons (Fsp3) is 0.219. The molecule has 3 aromatic carbocycles. The maximum atomic E-state index is 14.3. The number of nitrogens with zero attached hydrogens (tertiary/aromatic N) is 2. The summed E-state index contributed by atoms with van der Waals surface area (Å²) in [5, 5.41) is 0.325. The highest BCUT2D eigenvalue weighted by Crippen LogP contribution is 2.39. The lowest BCUT2D eigenvalue weighted by molar-refractivity contribution is -0.140. The van der Waals surface area contributed by atoms with Gasteiger partial charge in [-0.15, -0.1) is 0 Å². The van der Waals surface area contributed by atoms with Gasteiger partial charge < -0.3 is 23.7 Å². The number of halogens is 4. The highest BCUT2D eigenvalue weighted by atomic mass is 35.5. The van der Waals surface area contributed by atoms with Gasteiger partial charge in [-0.05, 0) is 66.1 Å². The van der Waals surface area contributed by atoms with E-state index in [1.165, 1.54) is 44.4 Å². The zero-order chi connectivity index (χ0) is 32.6. The fourth-order valence-corrected chi connectivity index (χ4v) is 6.16. The van der Waals surface area contributed by atoms with Crippen LogP contribution in [0.3, 0.4) is 0 Å². The van der Waals surface area contributed by atoms with Crippen LogP contribution in [0, 0.1) is 0 Å². The first-order chi connectivity index (χ1) is 22.1. The third-order valence-corrected chi connectivity index (χ3v) is 8.33. The maximum Gasteiger partial charge on any atom is 0.434 e. The molecule has 1 aromatic heterocycles. The summed E-state index contributed by atoms with van der Waals surface area (Å²) in [5.74, 6) is 0.844. The number of benzene rings is 3. The molecule has 46 heavy (non-hydrogen) atoms. The van der Waals surface area contributed by atoms with E-state index < -0.39 is 35.0 Å². The minimum atomic E-state index is -5.01. The molecule has 2 aliphatic heterocycles. The van der Waals surface area contributed by atoms with E-state index in [1.807, 2.05) is 12.1 Å². The molecule has 0 unspecified atom stereocenters. The molecule has 6 rings (SSSR count). The van der Waals surface area contributed by atoms with E-state index in [0.717, 1.165) is 21.5 Å². The predicted molar refractivity (Wildman–Crippen MR) is 162 cm³/mol. The summed E-state index contributed by atoms with van der Waals surface area (Å²) < 4.78 is 71.4. The van der Waals surface area contributed by atoms with Gasteiger partial charge in [-0.2, -0.15) is 13.2 Å². The van der Waals surface area contributed by atoms with Gasteiger partial charge in [0.05, 0.1) is 29.9 Å². The Morgan fingerprint density at radius 3 is 2.57 bits per heavy atom. The van der Waals surface area contributed by atoms with Crippen LogP contribution in [0.25, 0.3) is 6.08 Å². The van der Waals surface area contributed by atoms with Crippen molar-refractivity contribution in [3.8, 4) is 23.0 Å². The number of fused-ring (bicyclic) bond motifs is 2. The van der Waals surface area contributed by atoms with Gasteiger partial charge in [0.25, 0.3) is 5.56 Å². The van der Waals surface area contributed by atoms with Crippen molar-refractivity contribution < 1.29 is 41.7 Å². The van der Waals surface area contributed by atoms with Crippen LogP contribution in [0.5, 0.6) is 23.0 Å². The molecule has 0 bridgehead atoms. The summed E-state index contributed by atoms with van der Waals surface area (Å²) in [7, 11) is 1.46. The summed E-state index contributed by atoms with van der Waals surface area (Å²) in [5.41, 5.74) is -1.28. The molecule has 0 radical (unpaired) electrons. The number of ether oxygens (including phenoxy) is 5. The van der Waals surface area contributed by atoms with Crippen molar-refractivity contribution in [1.82, 2.24) is 4.57 Å². The van der Waals surface area contributed by atoms with Crippen LogP contribution in [0.1, 0.15) is 29.7 Å². The lowest BCUT2D eigenvalue weighted by atomic mass is 9.95. The van der Waals surface area contributed by atoms with E-state index in [1.54, 1.807) is 24.3 Å².